The second-order valence-electron chi connectivity index (χ2n) is 3.63. The molecule has 0 unspecified atom stereocenters. The van der Waals surface area contributed by atoms with Crippen molar-refractivity contribution in [2.45, 2.75) is 6.92 Å². The first-order valence-electron chi connectivity index (χ1n) is 5.10. The van der Waals surface area contributed by atoms with Gasteiger partial charge in [-0.25, -0.2) is 4.98 Å². The molecule has 1 heterocycles. The zero-order valence-electron chi connectivity index (χ0n) is 9.46. The molecule has 92 valence electrons. The van der Waals surface area contributed by atoms with Crippen molar-refractivity contribution < 1.29 is 4.92 Å². The summed E-state index contributed by atoms with van der Waals surface area (Å²) in [5, 5.41) is 13.7. The minimum atomic E-state index is -0.493. The molecule has 1 aromatic carbocycles. The fourth-order valence-corrected chi connectivity index (χ4v) is 2.26. The number of nitro benzene ring substituents is 1. The molecule has 4 nitrogen and oxygen atoms in total. The van der Waals surface area contributed by atoms with Gasteiger partial charge < -0.3 is 0 Å². The third kappa shape index (κ3) is 2.94. The lowest BCUT2D eigenvalue weighted by molar-refractivity contribution is -0.384. The summed E-state index contributed by atoms with van der Waals surface area (Å²) in [6.45, 7) is 1.92. The highest BCUT2D eigenvalue weighted by molar-refractivity contribution is 7.10. The normalized spacial score (nSPS) is 11.0. The number of halogens is 1. The van der Waals surface area contributed by atoms with Gasteiger partial charge in [-0.2, -0.15) is 0 Å². The van der Waals surface area contributed by atoms with Crippen LogP contribution in [0.2, 0.25) is 5.02 Å². The molecule has 0 radical (unpaired) electrons. The second kappa shape index (κ2) is 5.29. The van der Waals surface area contributed by atoms with Gasteiger partial charge in [0.2, 0.25) is 0 Å². The Labute approximate surface area is 113 Å². The van der Waals surface area contributed by atoms with Gasteiger partial charge in [0.15, 0.2) is 0 Å². The molecule has 18 heavy (non-hydrogen) atoms. The van der Waals surface area contributed by atoms with E-state index in [1.54, 1.807) is 12.1 Å². The van der Waals surface area contributed by atoms with Crippen molar-refractivity contribution in [3.05, 3.63) is 55.0 Å². The van der Waals surface area contributed by atoms with Crippen LogP contribution in [0.4, 0.5) is 5.69 Å². The van der Waals surface area contributed by atoms with Crippen LogP contribution in [0.3, 0.4) is 0 Å². The Morgan fingerprint density at radius 3 is 2.83 bits per heavy atom. The monoisotopic (exact) mass is 280 g/mol. The number of benzene rings is 1. The number of hydrogen-bond donors (Lipinski definition) is 0. The molecular weight excluding hydrogens is 272 g/mol. The largest absolute Gasteiger partial charge is 0.288 e. The molecular formula is C12H9ClN2O2S. The van der Waals surface area contributed by atoms with E-state index in [4.69, 9.17) is 11.6 Å². The first kappa shape index (κ1) is 12.7. The van der Waals surface area contributed by atoms with Gasteiger partial charge in [0.05, 0.1) is 4.92 Å². The van der Waals surface area contributed by atoms with Crippen LogP contribution in [-0.2, 0) is 0 Å². The van der Waals surface area contributed by atoms with Crippen LogP contribution in [0.15, 0.2) is 23.6 Å². The van der Waals surface area contributed by atoms with Gasteiger partial charge in [0.1, 0.15) is 10.0 Å². The van der Waals surface area contributed by atoms with Crippen molar-refractivity contribution in [2.24, 2.45) is 0 Å². The summed E-state index contributed by atoms with van der Waals surface area (Å²) in [6.07, 6.45) is 3.60. The average Bonchev–Trinajstić information content (AvgIpc) is 2.74. The van der Waals surface area contributed by atoms with Crippen molar-refractivity contribution in [1.82, 2.24) is 4.98 Å². The Balaban J connectivity index is 2.27. The highest BCUT2D eigenvalue weighted by Gasteiger charge is 2.11. The van der Waals surface area contributed by atoms with Crippen molar-refractivity contribution in [1.29, 1.82) is 0 Å². The molecule has 0 aliphatic rings. The molecule has 2 aromatic rings. The molecule has 0 aliphatic heterocycles. The van der Waals surface area contributed by atoms with Gasteiger partial charge >= 0.3 is 0 Å². The number of hydrogen-bond acceptors (Lipinski definition) is 4. The fourth-order valence-electron chi connectivity index (χ4n) is 1.39. The van der Waals surface area contributed by atoms with E-state index in [1.165, 1.54) is 23.5 Å². The van der Waals surface area contributed by atoms with Crippen LogP contribution < -0.4 is 0 Å². The van der Waals surface area contributed by atoms with Gasteiger partial charge in [-0.05, 0) is 24.6 Å². The topological polar surface area (TPSA) is 56.0 Å². The predicted molar refractivity (Wildman–Crippen MR) is 73.9 cm³/mol. The first-order valence-corrected chi connectivity index (χ1v) is 6.36. The quantitative estimate of drug-likeness (QED) is 0.626. The molecule has 0 fully saturated rings. The van der Waals surface area contributed by atoms with Gasteiger partial charge in [-0.15, -0.1) is 11.3 Å². The number of aryl methyl sites for hydroxylation is 1. The van der Waals surface area contributed by atoms with Crippen molar-refractivity contribution in [3.8, 4) is 0 Å². The maximum atomic E-state index is 10.7. The summed E-state index contributed by atoms with van der Waals surface area (Å²) in [7, 11) is 0. The first-order chi connectivity index (χ1) is 8.56. The average molecular weight is 281 g/mol. The Morgan fingerprint density at radius 1 is 1.44 bits per heavy atom. The summed E-state index contributed by atoms with van der Waals surface area (Å²) in [5.74, 6) is 0. The van der Waals surface area contributed by atoms with Crippen LogP contribution in [0.25, 0.3) is 12.2 Å². The van der Waals surface area contributed by atoms with E-state index in [2.05, 4.69) is 4.98 Å². The van der Waals surface area contributed by atoms with Gasteiger partial charge in [0, 0.05) is 17.1 Å². The molecule has 0 bridgehead atoms. The van der Waals surface area contributed by atoms with E-state index in [-0.39, 0.29) is 10.7 Å². The fraction of sp³-hybridized carbons (Fsp3) is 0.0833. The summed E-state index contributed by atoms with van der Waals surface area (Å²) in [6, 6.07) is 4.69. The maximum Gasteiger partial charge on any atom is 0.288 e. The highest BCUT2D eigenvalue weighted by atomic mass is 35.5. The number of aromatic nitrogens is 1. The van der Waals surface area contributed by atoms with Gasteiger partial charge in [-0.1, -0.05) is 23.7 Å². The molecule has 0 saturated heterocycles. The molecule has 2 rings (SSSR count). The minimum Gasteiger partial charge on any atom is -0.258 e. The van der Waals surface area contributed by atoms with Crippen molar-refractivity contribution in [3.63, 3.8) is 0 Å². The van der Waals surface area contributed by atoms with E-state index >= 15 is 0 Å². The number of thiazole rings is 1. The Hall–Kier alpha value is -1.72. The van der Waals surface area contributed by atoms with Gasteiger partial charge in [-0.3, -0.25) is 10.1 Å². The maximum absolute atomic E-state index is 10.7. The van der Waals surface area contributed by atoms with Crippen LogP contribution in [0.5, 0.6) is 0 Å². The highest BCUT2D eigenvalue weighted by Crippen LogP contribution is 2.26. The third-order valence-corrected chi connectivity index (χ3v) is 3.47. The predicted octanol–water partition coefficient (Wildman–Crippen LogP) is 4.18. The van der Waals surface area contributed by atoms with E-state index in [1.807, 2.05) is 18.4 Å². The van der Waals surface area contributed by atoms with Crippen LogP contribution in [-0.4, -0.2) is 9.91 Å². The number of rotatable bonds is 3. The molecule has 0 atom stereocenters. The lowest BCUT2D eigenvalue weighted by Crippen LogP contribution is -1.89. The third-order valence-electron chi connectivity index (χ3n) is 2.22. The second-order valence-corrected chi connectivity index (χ2v) is 4.93. The van der Waals surface area contributed by atoms with E-state index in [0.717, 1.165) is 16.3 Å². The molecule has 0 amide bonds. The molecule has 1 aromatic heterocycles. The number of nitrogens with zero attached hydrogens (tertiary/aromatic N) is 2. The minimum absolute atomic E-state index is 0.0888. The Kier molecular flexibility index (Phi) is 3.74. The Morgan fingerprint density at radius 2 is 2.22 bits per heavy atom. The van der Waals surface area contributed by atoms with E-state index in [0.29, 0.717) is 0 Å². The van der Waals surface area contributed by atoms with Crippen LogP contribution in [0, 0.1) is 17.0 Å². The lowest BCUT2D eigenvalue weighted by atomic mass is 10.2. The zero-order valence-corrected chi connectivity index (χ0v) is 11.0. The molecule has 0 saturated carbocycles. The Bertz CT molecular complexity index is 622. The molecule has 0 aliphatic carbocycles. The SMILES string of the molecule is Cc1csc(/C=C/c2ccc(Cl)c([N+](=O)[O-])c2)n1. The van der Waals surface area contributed by atoms with E-state index < -0.39 is 4.92 Å². The van der Waals surface area contributed by atoms with Crippen LogP contribution in [0.1, 0.15) is 16.3 Å². The lowest BCUT2D eigenvalue weighted by Gasteiger charge is -1.96. The van der Waals surface area contributed by atoms with Crippen LogP contribution >= 0.6 is 22.9 Å². The summed E-state index contributed by atoms with van der Waals surface area (Å²) < 4.78 is 0. The summed E-state index contributed by atoms with van der Waals surface area (Å²) in [4.78, 5) is 14.5. The molecule has 0 N–H and O–H groups in total. The molecule has 6 heteroatoms. The summed E-state index contributed by atoms with van der Waals surface area (Å²) in [5.41, 5.74) is 1.59. The summed E-state index contributed by atoms with van der Waals surface area (Å²) >= 11 is 7.26. The van der Waals surface area contributed by atoms with Gasteiger partial charge in [0.25, 0.3) is 5.69 Å². The van der Waals surface area contributed by atoms with Crippen molar-refractivity contribution in [2.75, 3.05) is 0 Å². The van der Waals surface area contributed by atoms with E-state index in [9.17, 15) is 10.1 Å². The smallest absolute Gasteiger partial charge is 0.258 e. The van der Waals surface area contributed by atoms with Crippen molar-refractivity contribution >= 4 is 40.8 Å². The number of nitro groups is 1. The standard InChI is InChI=1S/C12H9ClN2O2S/c1-8-7-18-12(14-8)5-3-9-2-4-10(13)11(6-9)15(16)17/h2-7H,1H3/b5-3+. The zero-order chi connectivity index (χ0) is 13.1. The molecule has 0 spiro atoms.